The van der Waals surface area contributed by atoms with E-state index in [1.54, 1.807) is 0 Å². The molecule has 1 N–H and O–H groups in total. The van der Waals surface area contributed by atoms with Crippen LogP contribution in [0, 0.1) is 16.7 Å². The first kappa shape index (κ1) is 10.4. The Kier molecular flexibility index (Phi) is 2.64. The zero-order valence-corrected chi connectivity index (χ0v) is 8.63. The third-order valence-corrected chi connectivity index (χ3v) is 3.56. The fraction of sp³-hybridized carbons (Fsp3) is 0.818. The highest BCUT2D eigenvalue weighted by Crippen LogP contribution is 2.40. The number of alkyl halides is 1. The van der Waals surface area contributed by atoms with Crippen molar-refractivity contribution in [3.63, 3.8) is 0 Å². The zero-order valence-electron chi connectivity index (χ0n) is 8.63. The van der Waals surface area contributed by atoms with Crippen molar-refractivity contribution in [2.24, 2.45) is 5.41 Å². The summed E-state index contributed by atoms with van der Waals surface area (Å²) in [4.78, 5) is 11.8. The Morgan fingerprint density at radius 3 is 2.60 bits per heavy atom. The molecule has 15 heavy (non-hydrogen) atoms. The molecular formula is C11H15FN2O. The van der Waals surface area contributed by atoms with Crippen molar-refractivity contribution in [1.29, 1.82) is 5.26 Å². The van der Waals surface area contributed by atoms with Crippen molar-refractivity contribution in [3.05, 3.63) is 0 Å². The second-order valence-electron chi connectivity index (χ2n) is 4.63. The number of hydrogen-bond donors (Lipinski definition) is 1. The molecule has 0 heterocycles. The summed E-state index contributed by atoms with van der Waals surface area (Å²) in [7, 11) is 0. The van der Waals surface area contributed by atoms with E-state index in [1.807, 2.05) is 0 Å². The Morgan fingerprint density at radius 2 is 2.20 bits per heavy atom. The lowest BCUT2D eigenvalue weighted by atomic mass is 9.69. The van der Waals surface area contributed by atoms with Gasteiger partial charge < -0.3 is 5.32 Å². The van der Waals surface area contributed by atoms with Gasteiger partial charge in [-0.1, -0.05) is 0 Å². The van der Waals surface area contributed by atoms with Gasteiger partial charge in [0.1, 0.15) is 11.6 Å². The number of amides is 1. The van der Waals surface area contributed by atoms with Gasteiger partial charge in [0.2, 0.25) is 5.91 Å². The summed E-state index contributed by atoms with van der Waals surface area (Å²) < 4.78 is 12.9. The molecule has 2 saturated carbocycles. The Hall–Kier alpha value is -1.11. The molecule has 0 radical (unpaired) electrons. The molecule has 0 aromatic heterocycles. The number of carbonyl (C=O) groups is 1. The molecule has 0 aliphatic heterocycles. The summed E-state index contributed by atoms with van der Waals surface area (Å²) in [5.74, 6) is -0.185. The molecule has 4 heteroatoms. The number of nitriles is 1. The number of hydrogen-bond acceptors (Lipinski definition) is 2. The third kappa shape index (κ3) is 1.83. The molecule has 2 unspecified atom stereocenters. The van der Waals surface area contributed by atoms with Gasteiger partial charge in [-0.05, 0) is 38.5 Å². The van der Waals surface area contributed by atoms with Crippen LogP contribution in [0.25, 0.3) is 0 Å². The molecule has 0 spiro atoms. The summed E-state index contributed by atoms with van der Waals surface area (Å²) in [5.41, 5.74) is -0.797. The maximum absolute atomic E-state index is 12.9. The number of rotatable bonds is 2. The van der Waals surface area contributed by atoms with E-state index in [9.17, 15) is 9.18 Å². The van der Waals surface area contributed by atoms with Gasteiger partial charge in [0.25, 0.3) is 0 Å². The van der Waals surface area contributed by atoms with Crippen LogP contribution in [0.4, 0.5) is 4.39 Å². The largest absolute Gasteiger partial charge is 0.352 e. The topological polar surface area (TPSA) is 52.9 Å². The van der Waals surface area contributed by atoms with Crippen LogP contribution in [0.15, 0.2) is 0 Å². The standard InChI is InChI=1S/C11H15FN2O/c12-8-2-3-9(6-8)14-10(15)11(7-13)4-1-5-11/h8-9H,1-6H2,(H,14,15). The number of carbonyl (C=O) groups excluding carboxylic acids is 1. The van der Waals surface area contributed by atoms with Gasteiger partial charge in [0, 0.05) is 6.04 Å². The first-order valence-corrected chi connectivity index (χ1v) is 5.52. The van der Waals surface area contributed by atoms with E-state index in [0.29, 0.717) is 32.1 Å². The number of nitrogens with one attached hydrogen (secondary N) is 1. The van der Waals surface area contributed by atoms with Crippen LogP contribution in [-0.2, 0) is 4.79 Å². The maximum Gasteiger partial charge on any atom is 0.240 e. The summed E-state index contributed by atoms with van der Waals surface area (Å²) in [5, 5.41) is 11.7. The number of halogens is 1. The quantitative estimate of drug-likeness (QED) is 0.754. The van der Waals surface area contributed by atoms with E-state index >= 15 is 0 Å². The van der Waals surface area contributed by atoms with Crippen LogP contribution in [0.3, 0.4) is 0 Å². The minimum Gasteiger partial charge on any atom is -0.352 e. The zero-order chi connectivity index (χ0) is 10.9. The average molecular weight is 210 g/mol. The summed E-state index contributed by atoms with van der Waals surface area (Å²) in [6, 6.07) is 2.04. The predicted molar refractivity (Wildman–Crippen MR) is 52.6 cm³/mol. The highest BCUT2D eigenvalue weighted by Gasteiger charge is 2.45. The Labute approximate surface area is 88.6 Å². The normalized spacial score (nSPS) is 32.8. The lowest BCUT2D eigenvalue weighted by Crippen LogP contribution is -2.47. The molecule has 0 bridgehead atoms. The van der Waals surface area contributed by atoms with Crippen molar-refractivity contribution in [1.82, 2.24) is 5.32 Å². The number of nitrogens with zero attached hydrogens (tertiary/aromatic N) is 1. The molecule has 2 rings (SSSR count). The van der Waals surface area contributed by atoms with Crippen LogP contribution in [-0.4, -0.2) is 18.1 Å². The second-order valence-corrected chi connectivity index (χ2v) is 4.63. The van der Waals surface area contributed by atoms with Gasteiger partial charge in [-0.3, -0.25) is 4.79 Å². The molecule has 2 aliphatic carbocycles. The molecule has 82 valence electrons. The Bertz CT molecular complexity index is 306. The first-order valence-electron chi connectivity index (χ1n) is 5.52. The van der Waals surface area contributed by atoms with Crippen LogP contribution < -0.4 is 5.32 Å². The monoisotopic (exact) mass is 210 g/mol. The summed E-state index contributed by atoms with van der Waals surface area (Å²) in [6.45, 7) is 0. The molecule has 0 aromatic rings. The highest BCUT2D eigenvalue weighted by atomic mass is 19.1. The van der Waals surface area contributed by atoms with Gasteiger partial charge >= 0.3 is 0 Å². The van der Waals surface area contributed by atoms with Crippen LogP contribution in [0.1, 0.15) is 38.5 Å². The van der Waals surface area contributed by atoms with Gasteiger partial charge in [0.05, 0.1) is 6.07 Å². The predicted octanol–water partition coefficient (Wildman–Crippen LogP) is 1.69. The summed E-state index contributed by atoms with van der Waals surface area (Å²) in [6.07, 6.45) is 3.11. The molecule has 3 nitrogen and oxygen atoms in total. The van der Waals surface area contributed by atoms with Gasteiger partial charge in [-0.25, -0.2) is 4.39 Å². The fourth-order valence-electron chi connectivity index (χ4n) is 2.30. The van der Waals surface area contributed by atoms with Crippen molar-refractivity contribution in [3.8, 4) is 6.07 Å². The Balaban J connectivity index is 1.90. The minimum atomic E-state index is -0.797. The van der Waals surface area contributed by atoms with Gasteiger partial charge in [-0.15, -0.1) is 0 Å². The molecular weight excluding hydrogens is 195 g/mol. The van der Waals surface area contributed by atoms with Crippen LogP contribution >= 0.6 is 0 Å². The molecule has 0 saturated heterocycles. The molecule has 0 aromatic carbocycles. The van der Waals surface area contributed by atoms with E-state index in [0.717, 1.165) is 6.42 Å². The van der Waals surface area contributed by atoms with E-state index < -0.39 is 11.6 Å². The minimum absolute atomic E-state index is 0.0571. The van der Waals surface area contributed by atoms with Crippen molar-refractivity contribution in [2.75, 3.05) is 0 Å². The Morgan fingerprint density at radius 1 is 1.47 bits per heavy atom. The van der Waals surface area contributed by atoms with E-state index in [2.05, 4.69) is 11.4 Å². The smallest absolute Gasteiger partial charge is 0.240 e. The van der Waals surface area contributed by atoms with Gasteiger partial charge in [0.15, 0.2) is 0 Å². The van der Waals surface area contributed by atoms with Gasteiger partial charge in [-0.2, -0.15) is 5.26 Å². The fourth-order valence-corrected chi connectivity index (χ4v) is 2.30. The lowest BCUT2D eigenvalue weighted by molar-refractivity contribution is -0.132. The highest BCUT2D eigenvalue weighted by molar-refractivity contribution is 5.86. The SMILES string of the molecule is N#CC1(C(=O)NC2CCC(F)C2)CCC1. The van der Waals surface area contributed by atoms with Crippen LogP contribution in [0.2, 0.25) is 0 Å². The van der Waals surface area contributed by atoms with E-state index in [-0.39, 0.29) is 11.9 Å². The lowest BCUT2D eigenvalue weighted by Gasteiger charge is -2.34. The van der Waals surface area contributed by atoms with Crippen LogP contribution in [0.5, 0.6) is 0 Å². The molecule has 2 aliphatic rings. The second kappa shape index (κ2) is 3.80. The van der Waals surface area contributed by atoms with Crippen molar-refractivity contribution >= 4 is 5.91 Å². The van der Waals surface area contributed by atoms with E-state index in [1.165, 1.54) is 0 Å². The maximum atomic E-state index is 12.9. The summed E-state index contributed by atoms with van der Waals surface area (Å²) >= 11 is 0. The van der Waals surface area contributed by atoms with E-state index in [4.69, 9.17) is 5.26 Å². The molecule has 2 fully saturated rings. The first-order chi connectivity index (χ1) is 7.16. The van der Waals surface area contributed by atoms with Crippen molar-refractivity contribution < 1.29 is 9.18 Å². The third-order valence-electron chi connectivity index (χ3n) is 3.56. The average Bonchev–Trinajstić information content (AvgIpc) is 2.50. The van der Waals surface area contributed by atoms with Crippen molar-refractivity contribution in [2.45, 2.75) is 50.7 Å². The molecule has 1 amide bonds. The molecule has 2 atom stereocenters.